The van der Waals surface area contributed by atoms with Gasteiger partial charge in [0.05, 0.1) is 23.9 Å². The zero-order valence-corrected chi connectivity index (χ0v) is 11.5. The Bertz CT molecular complexity index is 828. The van der Waals surface area contributed by atoms with Crippen LogP contribution in [0.4, 0.5) is 0 Å². The van der Waals surface area contributed by atoms with Crippen LogP contribution < -0.4 is 10.5 Å². The maximum Gasteiger partial charge on any atom is 0.249 e. The Kier molecular flexibility index (Phi) is 3.28. The number of benzene rings is 2. The first-order valence-corrected chi connectivity index (χ1v) is 6.53. The minimum atomic E-state index is -0.460. The summed E-state index contributed by atoms with van der Waals surface area (Å²) in [7, 11) is 1.61. The lowest BCUT2D eigenvalue weighted by molar-refractivity contribution is 0.100. The highest BCUT2D eigenvalue weighted by Crippen LogP contribution is 2.26. The molecule has 104 valence electrons. The van der Waals surface area contributed by atoms with Crippen LogP contribution in [0.25, 0.3) is 22.2 Å². The first-order valence-electron chi connectivity index (χ1n) is 6.53. The standard InChI is InChI=1S/C17H14N2O2/c1-21-12-6-4-5-11(9-12)16-10-14(17(18)20)13-7-2-3-8-15(13)19-16/h2-10H,1H3,(H2,18,20). The number of primary amides is 1. The summed E-state index contributed by atoms with van der Waals surface area (Å²) in [5.74, 6) is 0.279. The summed E-state index contributed by atoms with van der Waals surface area (Å²) in [5, 5.41) is 0.761. The Balaban J connectivity index is 2.25. The minimum absolute atomic E-state index is 0.460. The van der Waals surface area contributed by atoms with Crippen LogP contribution in [0.5, 0.6) is 5.75 Å². The van der Waals surface area contributed by atoms with Crippen LogP contribution in [0.1, 0.15) is 10.4 Å². The minimum Gasteiger partial charge on any atom is -0.497 e. The van der Waals surface area contributed by atoms with Gasteiger partial charge in [-0.3, -0.25) is 4.79 Å². The number of para-hydroxylation sites is 1. The summed E-state index contributed by atoms with van der Waals surface area (Å²) in [6.07, 6.45) is 0. The van der Waals surface area contributed by atoms with Gasteiger partial charge in [-0.05, 0) is 24.3 Å². The Hall–Kier alpha value is -2.88. The van der Waals surface area contributed by atoms with Gasteiger partial charge in [0.1, 0.15) is 5.75 Å². The third-order valence-electron chi connectivity index (χ3n) is 3.35. The Morgan fingerprint density at radius 1 is 1.10 bits per heavy atom. The Morgan fingerprint density at radius 2 is 1.90 bits per heavy atom. The molecule has 1 heterocycles. The van der Waals surface area contributed by atoms with Crippen LogP contribution in [0.15, 0.2) is 54.6 Å². The van der Waals surface area contributed by atoms with Crippen molar-refractivity contribution < 1.29 is 9.53 Å². The summed E-state index contributed by atoms with van der Waals surface area (Å²) in [6.45, 7) is 0. The van der Waals surface area contributed by atoms with E-state index >= 15 is 0 Å². The molecule has 4 heteroatoms. The molecule has 4 nitrogen and oxygen atoms in total. The maximum atomic E-state index is 11.7. The second kappa shape index (κ2) is 5.25. The van der Waals surface area contributed by atoms with Crippen LogP contribution in [0.3, 0.4) is 0 Å². The summed E-state index contributed by atoms with van der Waals surface area (Å²) in [4.78, 5) is 16.3. The molecule has 1 amide bonds. The van der Waals surface area contributed by atoms with Crippen molar-refractivity contribution in [2.45, 2.75) is 0 Å². The summed E-state index contributed by atoms with van der Waals surface area (Å²) < 4.78 is 5.22. The molecule has 0 fully saturated rings. The van der Waals surface area contributed by atoms with E-state index in [0.717, 1.165) is 22.2 Å². The summed E-state index contributed by atoms with van der Waals surface area (Å²) in [5.41, 5.74) is 8.28. The second-order valence-electron chi connectivity index (χ2n) is 4.67. The normalized spacial score (nSPS) is 10.5. The average molecular weight is 278 g/mol. The number of rotatable bonds is 3. The van der Waals surface area contributed by atoms with Crippen LogP contribution in [0.2, 0.25) is 0 Å². The highest BCUT2D eigenvalue weighted by molar-refractivity contribution is 6.06. The average Bonchev–Trinajstić information content (AvgIpc) is 2.53. The molecule has 0 spiro atoms. The van der Waals surface area contributed by atoms with E-state index in [1.165, 1.54) is 0 Å². The fraction of sp³-hybridized carbons (Fsp3) is 0.0588. The molecule has 0 aliphatic carbocycles. The fourth-order valence-electron chi connectivity index (χ4n) is 2.31. The number of nitrogens with two attached hydrogens (primary N) is 1. The lowest BCUT2D eigenvalue weighted by atomic mass is 10.0. The van der Waals surface area contributed by atoms with Gasteiger partial charge in [-0.25, -0.2) is 4.98 Å². The van der Waals surface area contributed by atoms with Gasteiger partial charge in [0, 0.05) is 10.9 Å². The molecule has 0 atom stereocenters. The van der Waals surface area contributed by atoms with E-state index < -0.39 is 5.91 Å². The lowest BCUT2D eigenvalue weighted by Gasteiger charge is -2.08. The zero-order valence-electron chi connectivity index (χ0n) is 11.5. The van der Waals surface area contributed by atoms with E-state index in [4.69, 9.17) is 10.5 Å². The monoisotopic (exact) mass is 278 g/mol. The molecule has 0 aliphatic heterocycles. The molecule has 3 rings (SSSR count). The first-order chi connectivity index (χ1) is 10.2. The molecule has 0 saturated carbocycles. The smallest absolute Gasteiger partial charge is 0.249 e. The van der Waals surface area contributed by atoms with Gasteiger partial charge in [0.2, 0.25) is 5.91 Å². The molecule has 0 saturated heterocycles. The van der Waals surface area contributed by atoms with Crippen LogP contribution in [-0.2, 0) is 0 Å². The Labute approximate surface area is 122 Å². The molecule has 0 aliphatic rings. The van der Waals surface area contributed by atoms with E-state index in [-0.39, 0.29) is 0 Å². The number of carbonyl (C=O) groups is 1. The maximum absolute atomic E-state index is 11.7. The third kappa shape index (κ3) is 2.43. The molecule has 0 radical (unpaired) electrons. The number of carbonyl (C=O) groups excluding carboxylic acids is 1. The number of amides is 1. The number of fused-ring (bicyclic) bond motifs is 1. The molecule has 0 unspecified atom stereocenters. The number of methoxy groups -OCH3 is 1. The van der Waals surface area contributed by atoms with Crippen molar-refractivity contribution in [2.75, 3.05) is 7.11 Å². The predicted octanol–water partition coefficient (Wildman–Crippen LogP) is 3.01. The number of ether oxygens (including phenoxy) is 1. The highest BCUT2D eigenvalue weighted by atomic mass is 16.5. The van der Waals surface area contributed by atoms with Gasteiger partial charge in [-0.1, -0.05) is 30.3 Å². The molecule has 3 aromatic rings. The Morgan fingerprint density at radius 3 is 2.67 bits per heavy atom. The molecule has 21 heavy (non-hydrogen) atoms. The summed E-state index contributed by atoms with van der Waals surface area (Å²) in [6, 6.07) is 16.7. The van der Waals surface area contributed by atoms with Crippen molar-refractivity contribution in [3.63, 3.8) is 0 Å². The van der Waals surface area contributed by atoms with Crippen molar-refractivity contribution >= 4 is 16.8 Å². The molecular weight excluding hydrogens is 264 g/mol. The first kappa shape index (κ1) is 13.1. The van der Waals surface area contributed by atoms with Gasteiger partial charge in [0.25, 0.3) is 0 Å². The summed E-state index contributed by atoms with van der Waals surface area (Å²) >= 11 is 0. The number of pyridine rings is 1. The van der Waals surface area contributed by atoms with Crippen molar-refractivity contribution in [3.8, 4) is 17.0 Å². The molecule has 0 bridgehead atoms. The van der Waals surface area contributed by atoms with E-state index in [1.807, 2.05) is 48.5 Å². The van der Waals surface area contributed by atoms with Crippen LogP contribution in [-0.4, -0.2) is 18.0 Å². The van der Waals surface area contributed by atoms with Crippen LogP contribution >= 0.6 is 0 Å². The van der Waals surface area contributed by atoms with Gasteiger partial charge in [-0.2, -0.15) is 0 Å². The largest absolute Gasteiger partial charge is 0.497 e. The van der Waals surface area contributed by atoms with Gasteiger partial charge in [-0.15, -0.1) is 0 Å². The molecule has 2 aromatic carbocycles. The third-order valence-corrected chi connectivity index (χ3v) is 3.35. The van der Waals surface area contributed by atoms with E-state index in [2.05, 4.69) is 4.98 Å². The lowest BCUT2D eigenvalue weighted by Crippen LogP contribution is -2.12. The molecule has 2 N–H and O–H groups in total. The number of aromatic nitrogens is 1. The fourth-order valence-corrected chi connectivity index (χ4v) is 2.31. The van der Waals surface area contributed by atoms with E-state index in [1.54, 1.807) is 13.2 Å². The van der Waals surface area contributed by atoms with Gasteiger partial charge in [0.15, 0.2) is 0 Å². The van der Waals surface area contributed by atoms with E-state index in [9.17, 15) is 4.79 Å². The second-order valence-corrected chi connectivity index (χ2v) is 4.67. The van der Waals surface area contributed by atoms with Crippen molar-refractivity contribution in [1.82, 2.24) is 4.98 Å². The topological polar surface area (TPSA) is 65.2 Å². The predicted molar refractivity (Wildman–Crippen MR) is 82.2 cm³/mol. The number of hydrogen-bond acceptors (Lipinski definition) is 3. The SMILES string of the molecule is COc1cccc(-c2cc(C(N)=O)c3ccccc3n2)c1. The molecular formula is C17H14N2O2. The number of nitrogens with zero attached hydrogens (tertiary/aromatic N) is 1. The van der Waals surface area contributed by atoms with Crippen LogP contribution in [0, 0.1) is 0 Å². The number of hydrogen-bond donors (Lipinski definition) is 1. The highest BCUT2D eigenvalue weighted by Gasteiger charge is 2.11. The van der Waals surface area contributed by atoms with Crippen molar-refractivity contribution in [3.05, 3.63) is 60.2 Å². The van der Waals surface area contributed by atoms with E-state index in [0.29, 0.717) is 11.3 Å². The zero-order chi connectivity index (χ0) is 14.8. The quantitative estimate of drug-likeness (QED) is 0.801. The molecule has 1 aromatic heterocycles. The van der Waals surface area contributed by atoms with Gasteiger partial charge < -0.3 is 10.5 Å². The van der Waals surface area contributed by atoms with Gasteiger partial charge >= 0.3 is 0 Å². The van der Waals surface area contributed by atoms with Crippen molar-refractivity contribution in [1.29, 1.82) is 0 Å². The van der Waals surface area contributed by atoms with Crippen molar-refractivity contribution in [2.24, 2.45) is 5.73 Å².